The van der Waals surface area contributed by atoms with Crippen LogP contribution >= 0.6 is 11.6 Å². The summed E-state index contributed by atoms with van der Waals surface area (Å²) in [7, 11) is 1.77. The minimum Gasteiger partial charge on any atom is -0.393 e. The molecule has 1 aromatic carbocycles. The van der Waals surface area contributed by atoms with Gasteiger partial charge in [-0.05, 0) is 60.9 Å². The van der Waals surface area contributed by atoms with Crippen LogP contribution in [0.4, 0.5) is 5.82 Å². The van der Waals surface area contributed by atoms with E-state index in [0.717, 1.165) is 24.2 Å². The second-order valence-corrected chi connectivity index (χ2v) is 8.22. The Bertz CT molecular complexity index is 1380. The molecule has 0 unspecified atom stereocenters. The average molecular weight is 445 g/mol. The molecule has 7 nitrogen and oxygen atoms in total. The second kappa shape index (κ2) is 8.09. The normalized spacial score (nSPS) is 17.0. The van der Waals surface area contributed by atoms with Crippen molar-refractivity contribution >= 4 is 39.9 Å². The third kappa shape index (κ3) is 3.83. The lowest BCUT2D eigenvalue weighted by Crippen LogP contribution is -2.25. The van der Waals surface area contributed by atoms with Crippen LogP contribution in [0.1, 0.15) is 12.8 Å². The van der Waals surface area contributed by atoms with Gasteiger partial charge in [-0.1, -0.05) is 23.7 Å². The number of rotatable bonds is 5. The first-order valence-electron chi connectivity index (χ1n) is 10.4. The van der Waals surface area contributed by atoms with E-state index in [4.69, 9.17) is 22.0 Å². The number of fused-ring (bicyclic) bond motifs is 1. The quantitative estimate of drug-likeness (QED) is 0.547. The smallest absolute Gasteiger partial charge is 0.281 e. The summed E-state index contributed by atoms with van der Waals surface area (Å²) in [5.41, 5.74) is 3.62. The van der Waals surface area contributed by atoms with E-state index in [2.05, 4.69) is 15.7 Å². The maximum atomic E-state index is 13.7. The number of aromatic nitrogens is 3. The summed E-state index contributed by atoms with van der Waals surface area (Å²) < 4.78 is 1.37. The number of hydrogen-bond donors (Lipinski definition) is 3. The molecule has 32 heavy (non-hydrogen) atoms. The van der Waals surface area contributed by atoms with Crippen LogP contribution in [0.3, 0.4) is 0 Å². The Morgan fingerprint density at radius 2 is 1.94 bits per heavy atom. The zero-order valence-electron chi connectivity index (χ0n) is 17.4. The van der Waals surface area contributed by atoms with E-state index < -0.39 is 0 Å². The predicted octanol–water partition coefficient (Wildman–Crippen LogP) is 4.22. The molecule has 0 saturated heterocycles. The predicted molar refractivity (Wildman–Crippen MR) is 129 cm³/mol. The Labute approximate surface area is 189 Å². The number of nitrogens with zero attached hydrogens (tertiary/aromatic N) is 3. The van der Waals surface area contributed by atoms with Crippen LogP contribution in [-0.4, -0.2) is 33.6 Å². The van der Waals surface area contributed by atoms with Crippen LogP contribution in [-0.2, 0) is 0 Å². The topological polar surface area (TPSA) is 95.7 Å². The molecule has 1 saturated carbocycles. The summed E-state index contributed by atoms with van der Waals surface area (Å²) in [6.07, 6.45) is 9.11. The van der Waals surface area contributed by atoms with Gasteiger partial charge in [0, 0.05) is 29.9 Å². The molecule has 2 aliphatic carbocycles. The maximum absolute atomic E-state index is 13.7. The lowest BCUT2D eigenvalue weighted by Gasteiger charge is -2.15. The Kier molecular flexibility index (Phi) is 5.11. The Morgan fingerprint density at radius 3 is 2.66 bits per heavy atom. The van der Waals surface area contributed by atoms with Gasteiger partial charge in [-0.3, -0.25) is 4.79 Å². The van der Waals surface area contributed by atoms with Crippen LogP contribution in [0, 0.1) is 5.41 Å². The van der Waals surface area contributed by atoms with Gasteiger partial charge in [0.1, 0.15) is 16.9 Å². The molecule has 0 spiro atoms. The first-order valence-corrected chi connectivity index (χ1v) is 10.7. The summed E-state index contributed by atoms with van der Waals surface area (Å²) in [5, 5.41) is 19.6. The first kappa shape index (κ1) is 20.2. The maximum Gasteiger partial charge on any atom is 0.281 e. The standard InChI is InChI=1S/C24H21ClN6O/c1-27-13-15-12-18(8-9-19(15)26)31-24(32)22(14-2-4-16(25)5-3-14)23-20(30-31)10-11-21(29-23)28-17-6-7-17/h2-5,8-13,17,26-27H,6-7H2,1H3,(H,28,29)/b15-13-,26-19?. The fourth-order valence-corrected chi connectivity index (χ4v) is 3.73. The van der Waals surface area contributed by atoms with Gasteiger partial charge in [0.05, 0.1) is 17.0 Å². The third-order valence-corrected chi connectivity index (χ3v) is 5.62. The van der Waals surface area contributed by atoms with Crippen molar-refractivity contribution in [2.24, 2.45) is 0 Å². The van der Waals surface area contributed by atoms with E-state index >= 15 is 0 Å². The molecular weight excluding hydrogens is 424 g/mol. The minimum absolute atomic E-state index is 0.288. The zero-order valence-corrected chi connectivity index (χ0v) is 18.1. The van der Waals surface area contributed by atoms with E-state index in [1.807, 2.05) is 24.3 Å². The zero-order chi connectivity index (χ0) is 22.2. The number of pyridine rings is 1. The van der Waals surface area contributed by atoms with E-state index in [9.17, 15) is 4.79 Å². The van der Waals surface area contributed by atoms with Crippen molar-refractivity contribution < 1.29 is 0 Å². The SMILES string of the molecule is CN/C=C1/C=C(n2nc3ccc(NC4CC4)nc3c(-c3ccc(Cl)cc3)c2=O)C=CC1=N. The van der Waals surface area contributed by atoms with Gasteiger partial charge < -0.3 is 16.0 Å². The van der Waals surface area contributed by atoms with Crippen molar-refractivity contribution in [1.29, 1.82) is 5.41 Å². The molecule has 2 aliphatic rings. The molecule has 0 aliphatic heterocycles. The van der Waals surface area contributed by atoms with Crippen molar-refractivity contribution in [3.05, 3.63) is 81.8 Å². The number of nitrogens with one attached hydrogen (secondary N) is 3. The lowest BCUT2D eigenvalue weighted by molar-refractivity contribution is 0.857. The molecule has 0 radical (unpaired) electrons. The molecular formula is C24H21ClN6O. The van der Waals surface area contributed by atoms with E-state index in [-0.39, 0.29) is 5.56 Å². The number of benzene rings is 1. The van der Waals surface area contributed by atoms with Crippen LogP contribution in [0.25, 0.3) is 27.9 Å². The number of hydrogen-bond acceptors (Lipinski definition) is 6. The molecule has 0 amide bonds. The van der Waals surface area contributed by atoms with E-state index in [0.29, 0.717) is 44.6 Å². The van der Waals surface area contributed by atoms with E-state index in [1.54, 1.807) is 43.6 Å². The minimum atomic E-state index is -0.288. The van der Waals surface area contributed by atoms with Crippen molar-refractivity contribution in [3.8, 4) is 11.1 Å². The molecule has 3 N–H and O–H groups in total. The largest absolute Gasteiger partial charge is 0.393 e. The van der Waals surface area contributed by atoms with Gasteiger partial charge in [-0.25, -0.2) is 4.98 Å². The molecule has 8 heteroatoms. The van der Waals surface area contributed by atoms with Gasteiger partial charge in [0.15, 0.2) is 0 Å². The summed E-state index contributed by atoms with van der Waals surface area (Å²) in [4.78, 5) is 18.4. The highest BCUT2D eigenvalue weighted by Crippen LogP contribution is 2.29. The van der Waals surface area contributed by atoms with Crippen molar-refractivity contribution in [2.75, 3.05) is 12.4 Å². The summed E-state index contributed by atoms with van der Waals surface area (Å²) >= 11 is 6.09. The Balaban J connectivity index is 1.74. The van der Waals surface area contributed by atoms with Crippen molar-refractivity contribution in [3.63, 3.8) is 0 Å². The Morgan fingerprint density at radius 1 is 1.16 bits per heavy atom. The summed E-state index contributed by atoms with van der Waals surface area (Å²) in [5.74, 6) is 0.735. The monoisotopic (exact) mass is 444 g/mol. The fourth-order valence-electron chi connectivity index (χ4n) is 3.60. The highest BCUT2D eigenvalue weighted by atomic mass is 35.5. The molecule has 0 atom stereocenters. The second-order valence-electron chi connectivity index (χ2n) is 7.79. The third-order valence-electron chi connectivity index (χ3n) is 5.37. The number of allylic oxidation sites excluding steroid dienone is 5. The van der Waals surface area contributed by atoms with Crippen LogP contribution in [0.15, 0.2) is 71.2 Å². The summed E-state index contributed by atoms with van der Waals surface area (Å²) in [6, 6.07) is 11.4. The summed E-state index contributed by atoms with van der Waals surface area (Å²) in [6.45, 7) is 0. The van der Waals surface area contributed by atoms with Gasteiger partial charge >= 0.3 is 0 Å². The van der Waals surface area contributed by atoms with Crippen LogP contribution in [0.5, 0.6) is 0 Å². The van der Waals surface area contributed by atoms with Crippen molar-refractivity contribution in [1.82, 2.24) is 20.1 Å². The highest BCUT2D eigenvalue weighted by Gasteiger charge is 2.23. The van der Waals surface area contributed by atoms with Gasteiger partial charge in [0.2, 0.25) is 0 Å². The van der Waals surface area contributed by atoms with Gasteiger partial charge in [-0.15, -0.1) is 0 Å². The molecule has 2 heterocycles. The van der Waals surface area contributed by atoms with Crippen molar-refractivity contribution in [2.45, 2.75) is 18.9 Å². The van der Waals surface area contributed by atoms with E-state index in [1.165, 1.54) is 4.68 Å². The molecule has 5 rings (SSSR count). The average Bonchev–Trinajstić information content (AvgIpc) is 3.60. The number of anilines is 1. The molecule has 2 aromatic heterocycles. The highest BCUT2D eigenvalue weighted by molar-refractivity contribution is 6.30. The van der Waals surface area contributed by atoms with Gasteiger partial charge in [0.25, 0.3) is 5.56 Å². The van der Waals surface area contributed by atoms with Gasteiger partial charge in [-0.2, -0.15) is 9.78 Å². The van der Waals surface area contributed by atoms with Crippen LogP contribution in [0.2, 0.25) is 5.02 Å². The molecule has 0 bridgehead atoms. The Hall–Kier alpha value is -3.71. The number of halogens is 1. The molecule has 3 aromatic rings. The fraction of sp³-hybridized carbons (Fsp3) is 0.167. The molecule has 1 fully saturated rings. The first-order chi connectivity index (χ1) is 15.5. The lowest BCUT2D eigenvalue weighted by atomic mass is 10.0. The molecule has 160 valence electrons. The van der Waals surface area contributed by atoms with Crippen LogP contribution < -0.4 is 16.2 Å².